The quantitative estimate of drug-likeness (QED) is 0.511. The van der Waals surface area contributed by atoms with Gasteiger partial charge in [-0.25, -0.2) is 0 Å². The van der Waals surface area contributed by atoms with Crippen molar-refractivity contribution in [3.63, 3.8) is 0 Å². The molecule has 0 atom stereocenters. The molecule has 52 valence electrons. The molecule has 1 aliphatic rings. The van der Waals surface area contributed by atoms with Crippen LogP contribution in [0.2, 0.25) is 0 Å². The molecule has 4 nitrogen and oxygen atoms in total. The maximum atomic E-state index is 10.5. The number of nitrogens with two attached hydrogens (primary N) is 1. The van der Waals surface area contributed by atoms with E-state index in [1.165, 1.54) is 6.21 Å². The van der Waals surface area contributed by atoms with Crippen molar-refractivity contribution < 1.29 is 4.79 Å². The maximum Gasteiger partial charge on any atom is 0.266 e. The van der Waals surface area contributed by atoms with Crippen LogP contribution < -0.4 is 11.2 Å². The van der Waals surface area contributed by atoms with Crippen LogP contribution in [0, 0.1) is 0 Å². The van der Waals surface area contributed by atoms with E-state index < -0.39 is 5.91 Å². The number of nitrogens with zero attached hydrogens (tertiary/aromatic N) is 1. The van der Waals surface area contributed by atoms with E-state index >= 15 is 0 Å². The van der Waals surface area contributed by atoms with Crippen LogP contribution in [-0.2, 0) is 4.79 Å². The molecule has 0 bridgehead atoms. The number of nitrogens with one attached hydrogen (secondary N) is 1. The second-order valence-corrected chi connectivity index (χ2v) is 1.72. The molecule has 0 spiro atoms. The predicted molar refractivity (Wildman–Crippen MR) is 38.0 cm³/mol. The summed E-state index contributed by atoms with van der Waals surface area (Å²) in [7, 11) is 0. The Balaban J connectivity index is 2.78. The highest BCUT2D eigenvalue weighted by molar-refractivity contribution is 5.92. The van der Waals surface area contributed by atoms with Crippen molar-refractivity contribution in [3.8, 4) is 0 Å². The molecule has 0 saturated heterocycles. The number of allylic oxidation sites excluding steroid dienone is 3. The first-order valence-corrected chi connectivity index (χ1v) is 2.76. The van der Waals surface area contributed by atoms with Gasteiger partial charge in [-0.05, 0) is 12.2 Å². The largest absolute Gasteiger partial charge is 0.364 e. The third kappa shape index (κ3) is 1.45. The van der Waals surface area contributed by atoms with Crippen molar-refractivity contribution in [1.82, 2.24) is 5.43 Å². The molecule has 10 heavy (non-hydrogen) atoms. The van der Waals surface area contributed by atoms with Gasteiger partial charge in [0.05, 0.1) is 0 Å². The minimum atomic E-state index is -0.510. The molecule has 0 aromatic rings. The van der Waals surface area contributed by atoms with Gasteiger partial charge >= 0.3 is 0 Å². The van der Waals surface area contributed by atoms with E-state index in [-0.39, 0.29) is 0 Å². The zero-order valence-electron chi connectivity index (χ0n) is 5.24. The SMILES string of the molecule is NC(=O)C1=CC=CC=NN1. The van der Waals surface area contributed by atoms with Crippen LogP contribution in [0.3, 0.4) is 0 Å². The van der Waals surface area contributed by atoms with Crippen LogP contribution in [0.25, 0.3) is 0 Å². The van der Waals surface area contributed by atoms with Crippen LogP contribution in [-0.4, -0.2) is 12.1 Å². The Morgan fingerprint density at radius 1 is 1.60 bits per heavy atom. The Labute approximate surface area is 58.1 Å². The zero-order valence-corrected chi connectivity index (χ0v) is 5.24. The van der Waals surface area contributed by atoms with Gasteiger partial charge in [-0.15, -0.1) is 0 Å². The summed E-state index contributed by atoms with van der Waals surface area (Å²) < 4.78 is 0. The number of amides is 1. The highest BCUT2D eigenvalue weighted by Crippen LogP contribution is 1.90. The lowest BCUT2D eigenvalue weighted by Gasteiger charge is -1.96. The molecule has 4 heteroatoms. The molecule has 1 aliphatic heterocycles. The van der Waals surface area contributed by atoms with Crippen molar-refractivity contribution in [3.05, 3.63) is 23.9 Å². The number of carbonyl (C=O) groups is 1. The molecular formula is C6H7N3O. The van der Waals surface area contributed by atoms with Crippen LogP contribution in [0.4, 0.5) is 0 Å². The fourth-order valence-corrected chi connectivity index (χ4v) is 0.526. The molecule has 0 aromatic heterocycles. The molecule has 0 saturated carbocycles. The summed E-state index contributed by atoms with van der Waals surface area (Å²) in [4.78, 5) is 10.5. The molecule has 3 N–H and O–H groups in total. The zero-order chi connectivity index (χ0) is 7.40. The molecular weight excluding hydrogens is 130 g/mol. The number of carbonyl (C=O) groups excluding carboxylic acids is 1. The average Bonchev–Trinajstić information content (AvgIpc) is 2.12. The summed E-state index contributed by atoms with van der Waals surface area (Å²) in [6.45, 7) is 0. The fraction of sp³-hybridized carbons (Fsp3) is 0. The highest BCUT2D eigenvalue weighted by atomic mass is 16.1. The van der Waals surface area contributed by atoms with Crippen LogP contribution in [0.1, 0.15) is 0 Å². The van der Waals surface area contributed by atoms with Gasteiger partial charge < -0.3 is 5.73 Å². The predicted octanol–water partition coefficient (Wildman–Crippen LogP) is -0.499. The number of hydrogen-bond donors (Lipinski definition) is 2. The lowest BCUT2D eigenvalue weighted by Crippen LogP contribution is -2.22. The summed E-state index contributed by atoms with van der Waals surface area (Å²) in [5.74, 6) is -0.510. The Kier molecular flexibility index (Phi) is 1.84. The van der Waals surface area contributed by atoms with E-state index in [1.54, 1.807) is 18.2 Å². The van der Waals surface area contributed by atoms with Gasteiger partial charge in [-0.3, -0.25) is 10.2 Å². The third-order valence-electron chi connectivity index (χ3n) is 0.985. The van der Waals surface area contributed by atoms with Gasteiger partial charge in [0.1, 0.15) is 5.70 Å². The smallest absolute Gasteiger partial charge is 0.266 e. The lowest BCUT2D eigenvalue weighted by molar-refractivity contribution is -0.114. The monoisotopic (exact) mass is 137 g/mol. The summed E-state index contributed by atoms with van der Waals surface area (Å²) in [6, 6.07) is 0. The van der Waals surface area contributed by atoms with Gasteiger partial charge in [0.25, 0.3) is 5.91 Å². The van der Waals surface area contributed by atoms with E-state index in [1.807, 2.05) is 0 Å². The van der Waals surface area contributed by atoms with Gasteiger partial charge in [-0.1, -0.05) is 6.08 Å². The Hall–Kier alpha value is -1.58. The number of rotatable bonds is 1. The van der Waals surface area contributed by atoms with Crippen LogP contribution in [0.5, 0.6) is 0 Å². The maximum absolute atomic E-state index is 10.5. The van der Waals surface area contributed by atoms with Crippen molar-refractivity contribution in [2.24, 2.45) is 10.8 Å². The van der Waals surface area contributed by atoms with Crippen molar-refractivity contribution >= 4 is 12.1 Å². The first-order valence-electron chi connectivity index (χ1n) is 2.76. The molecule has 0 unspecified atom stereocenters. The van der Waals surface area contributed by atoms with E-state index in [2.05, 4.69) is 10.5 Å². The minimum Gasteiger partial charge on any atom is -0.364 e. The Morgan fingerprint density at radius 2 is 2.40 bits per heavy atom. The Bertz CT molecular complexity index is 227. The van der Waals surface area contributed by atoms with E-state index in [9.17, 15) is 4.79 Å². The first-order chi connectivity index (χ1) is 4.80. The molecule has 1 rings (SSSR count). The van der Waals surface area contributed by atoms with Crippen LogP contribution in [0.15, 0.2) is 29.0 Å². The molecule has 0 fully saturated rings. The number of hydrogen-bond acceptors (Lipinski definition) is 3. The molecule has 1 amide bonds. The van der Waals surface area contributed by atoms with Crippen molar-refractivity contribution in [2.75, 3.05) is 0 Å². The number of primary amides is 1. The topological polar surface area (TPSA) is 67.5 Å². The minimum absolute atomic E-state index is 0.296. The third-order valence-corrected chi connectivity index (χ3v) is 0.985. The van der Waals surface area contributed by atoms with Crippen molar-refractivity contribution in [2.45, 2.75) is 0 Å². The van der Waals surface area contributed by atoms with E-state index in [0.717, 1.165) is 0 Å². The van der Waals surface area contributed by atoms with Gasteiger partial charge in [-0.2, -0.15) is 5.10 Å². The van der Waals surface area contributed by atoms with Crippen LogP contribution >= 0.6 is 0 Å². The van der Waals surface area contributed by atoms with Gasteiger partial charge in [0.15, 0.2) is 0 Å². The second kappa shape index (κ2) is 2.82. The summed E-state index contributed by atoms with van der Waals surface area (Å²) in [6.07, 6.45) is 6.48. The fourth-order valence-electron chi connectivity index (χ4n) is 0.526. The average molecular weight is 137 g/mol. The molecule has 0 aliphatic carbocycles. The summed E-state index contributed by atoms with van der Waals surface area (Å²) in [5, 5.41) is 3.64. The summed E-state index contributed by atoms with van der Waals surface area (Å²) in [5.41, 5.74) is 7.73. The van der Waals surface area contributed by atoms with Crippen molar-refractivity contribution in [1.29, 1.82) is 0 Å². The highest BCUT2D eigenvalue weighted by Gasteiger charge is 2.00. The molecule has 0 aromatic carbocycles. The number of hydrazone groups is 1. The first kappa shape index (κ1) is 6.54. The molecule has 1 heterocycles. The normalized spacial score (nSPS) is 15.4. The molecule has 0 radical (unpaired) electrons. The Morgan fingerprint density at radius 3 is 3.10 bits per heavy atom. The van der Waals surface area contributed by atoms with Gasteiger partial charge in [0.2, 0.25) is 0 Å². The standard InChI is InChI=1S/C6H7N3O/c7-6(10)5-3-1-2-4-8-9-5/h1-4,9H,(H2,7,10). The lowest BCUT2D eigenvalue weighted by atomic mass is 10.4. The van der Waals surface area contributed by atoms with Gasteiger partial charge in [0, 0.05) is 6.21 Å². The summed E-state index contributed by atoms with van der Waals surface area (Å²) >= 11 is 0. The van der Waals surface area contributed by atoms with E-state index in [4.69, 9.17) is 5.73 Å². The second-order valence-electron chi connectivity index (χ2n) is 1.72. The van der Waals surface area contributed by atoms with E-state index in [0.29, 0.717) is 5.70 Å².